The average molecular weight is 336 g/mol. The summed E-state index contributed by atoms with van der Waals surface area (Å²) in [4.78, 5) is 14.1. The number of piperidine rings is 1. The fourth-order valence-electron chi connectivity index (χ4n) is 3.95. The Bertz CT molecular complexity index is 556. The minimum atomic E-state index is -2.27. The summed E-state index contributed by atoms with van der Waals surface area (Å²) in [6.45, 7) is 1.14. The van der Waals surface area contributed by atoms with Crippen LogP contribution in [0.2, 0.25) is 0 Å². The summed E-state index contributed by atoms with van der Waals surface area (Å²) in [5.74, 6) is 0.533. The molecule has 0 aromatic heterocycles. The van der Waals surface area contributed by atoms with Gasteiger partial charge in [0.05, 0.1) is 6.54 Å². The summed E-state index contributed by atoms with van der Waals surface area (Å²) in [5, 5.41) is 3.11. The second-order valence-electron chi connectivity index (χ2n) is 7.12. The third-order valence-corrected chi connectivity index (χ3v) is 5.27. The van der Waals surface area contributed by atoms with Crippen LogP contribution in [0.15, 0.2) is 24.3 Å². The number of hydrogen-bond donors (Lipinski definition) is 1. The molecule has 0 saturated carbocycles. The van der Waals surface area contributed by atoms with Crippen LogP contribution in [0.4, 0.5) is 8.78 Å². The van der Waals surface area contributed by atoms with Gasteiger partial charge in [-0.1, -0.05) is 24.3 Å². The molecule has 3 rings (SSSR count). The highest BCUT2D eigenvalue weighted by atomic mass is 19.3. The molecule has 0 unspecified atom stereocenters. The van der Waals surface area contributed by atoms with Crippen molar-refractivity contribution < 1.29 is 13.6 Å². The monoisotopic (exact) mass is 336 g/mol. The Balaban J connectivity index is 1.41. The molecule has 1 aromatic rings. The molecule has 1 N–H and O–H groups in total. The molecule has 2 aliphatic rings. The molecule has 1 aliphatic carbocycles. The molecular weight excluding hydrogens is 310 g/mol. The number of hydrogen-bond acceptors (Lipinski definition) is 2. The fraction of sp³-hybridized carbons (Fsp3) is 0.632. The predicted molar refractivity (Wildman–Crippen MR) is 90.2 cm³/mol. The molecule has 5 heteroatoms. The Morgan fingerprint density at radius 1 is 1.17 bits per heavy atom. The van der Waals surface area contributed by atoms with Gasteiger partial charge in [-0.05, 0) is 49.1 Å². The Hall–Kier alpha value is -1.49. The van der Waals surface area contributed by atoms with Gasteiger partial charge in [-0.2, -0.15) is 0 Å². The smallest absolute Gasteiger partial charge is 0.251 e. The van der Waals surface area contributed by atoms with Crippen molar-refractivity contribution in [3.8, 4) is 0 Å². The first-order valence-corrected chi connectivity index (χ1v) is 8.97. The zero-order valence-electron chi connectivity index (χ0n) is 14.0. The van der Waals surface area contributed by atoms with Gasteiger partial charge in [-0.3, -0.25) is 9.69 Å². The summed E-state index contributed by atoms with van der Waals surface area (Å²) < 4.78 is 24.8. The summed E-state index contributed by atoms with van der Waals surface area (Å²) in [6, 6.07) is 8.62. The summed E-state index contributed by atoms with van der Waals surface area (Å²) >= 11 is 0. The molecule has 1 heterocycles. The molecule has 1 saturated heterocycles. The van der Waals surface area contributed by atoms with Crippen molar-refractivity contribution in [1.82, 2.24) is 10.2 Å². The molecule has 1 amide bonds. The molecule has 1 fully saturated rings. The molecule has 1 aromatic carbocycles. The van der Waals surface area contributed by atoms with Gasteiger partial charge in [0.2, 0.25) is 5.91 Å². The minimum Gasteiger partial charge on any atom is -0.353 e. The van der Waals surface area contributed by atoms with Crippen molar-refractivity contribution in [2.24, 2.45) is 5.92 Å². The summed E-state index contributed by atoms with van der Waals surface area (Å²) in [7, 11) is 0. The number of likely N-dealkylation sites (tertiary alicyclic amines) is 1. The van der Waals surface area contributed by atoms with Crippen molar-refractivity contribution in [3.05, 3.63) is 35.4 Å². The molecule has 0 radical (unpaired) electrons. The van der Waals surface area contributed by atoms with Crippen molar-refractivity contribution >= 4 is 5.91 Å². The predicted octanol–water partition coefficient (Wildman–Crippen LogP) is 3.03. The standard InChI is InChI=1S/C19H26F2N2O/c20-18(21)13-23-9-7-17(8-10-23)22-19(24)12-14-5-6-15-3-1-2-4-16(15)11-14/h1-4,14,17-18H,5-13H2,(H,22,24)/t14-/m0/s1. The lowest BCUT2D eigenvalue weighted by atomic mass is 9.82. The van der Waals surface area contributed by atoms with Crippen molar-refractivity contribution in [1.29, 1.82) is 0 Å². The van der Waals surface area contributed by atoms with Crippen molar-refractivity contribution in [2.45, 2.75) is 51.0 Å². The molecule has 132 valence electrons. The number of fused-ring (bicyclic) bond motifs is 1. The van der Waals surface area contributed by atoms with Gasteiger partial charge in [-0.15, -0.1) is 0 Å². The van der Waals surface area contributed by atoms with Crippen LogP contribution in [0.1, 0.15) is 36.8 Å². The van der Waals surface area contributed by atoms with Gasteiger partial charge >= 0.3 is 0 Å². The van der Waals surface area contributed by atoms with Crippen LogP contribution in [0.3, 0.4) is 0 Å². The minimum absolute atomic E-state index is 0.117. The van der Waals surface area contributed by atoms with Crippen LogP contribution in [0.5, 0.6) is 0 Å². The van der Waals surface area contributed by atoms with Crippen LogP contribution in [-0.4, -0.2) is 42.9 Å². The van der Waals surface area contributed by atoms with E-state index in [-0.39, 0.29) is 18.5 Å². The summed E-state index contributed by atoms with van der Waals surface area (Å²) in [5.41, 5.74) is 2.79. The van der Waals surface area contributed by atoms with Gasteiger partial charge in [0.25, 0.3) is 6.43 Å². The molecule has 1 atom stereocenters. The zero-order valence-corrected chi connectivity index (χ0v) is 14.0. The Labute approximate surface area is 142 Å². The quantitative estimate of drug-likeness (QED) is 0.896. The largest absolute Gasteiger partial charge is 0.353 e. The van der Waals surface area contributed by atoms with Crippen LogP contribution in [0, 0.1) is 5.92 Å². The van der Waals surface area contributed by atoms with Crippen molar-refractivity contribution in [3.63, 3.8) is 0 Å². The number of nitrogens with one attached hydrogen (secondary N) is 1. The van der Waals surface area contributed by atoms with Crippen LogP contribution < -0.4 is 5.32 Å². The topological polar surface area (TPSA) is 32.3 Å². The van der Waals surface area contributed by atoms with E-state index in [1.165, 1.54) is 11.1 Å². The average Bonchev–Trinajstić information content (AvgIpc) is 2.56. The van der Waals surface area contributed by atoms with E-state index in [0.29, 0.717) is 25.4 Å². The highest BCUT2D eigenvalue weighted by Gasteiger charge is 2.25. The number of amides is 1. The van der Waals surface area contributed by atoms with E-state index in [2.05, 4.69) is 29.6 Å². The number of benzene rings is 1. The first-order valence-electron chi connectivity index (χ1n) is 8.97. The molecule has 3 nitrogen and oxygen atoms in total. The van der Waals surface area contributed by atoms with Crippen LogP contribution >= 0.6 is 0 Å². The zero-order chi connectivity index (χ0) is 16.9. The van der Waals surface area contributed by atoms with E-state index in [0.717, 1.165) is 32.1 Å². The SMILES string of the molecule is O=C(C[C@H]1CCc2ccccc2C1)NC1CCN(CC(F)F)CC1. The molecule has 1 aliphatic heterocycles. The maximum Gasteiger partial charge on any atom is 0.251 e. The van der Waals surface area contributed by atoms with Gasteiger partial charge in [0.15, 0.2) is 0 Å². The Morgan fingerprint density at radius 3 is 2.58 bits per heavy atom. The number of aryl methyl sites for hydroxylation is 1. The Kier molecular flexibility index (Phi) is 5.82. The highest BCUT2D eigenvalue weighted by molar-refractivity contribution is 5.76. The van der Waals surface area contributed by atoms with E-state index < -0.39 is 6.43 Å². The van der Waals surface area contributed by atoms with Crippen molar-refractivity contribution in [2.75, 3.05) is 19.6 Å². The molecule has 0 bridgehead atoms. The molecular formula is C19H26F2N2O. The maximum absolute atomic E-state index is 12.4. The van der Waals surface area contributed by atoms with E-state index in [4.69, 9.17) is 0 Å². The number of rotatable bonds is 5. The number of carbonyl (C=O) groups is 1. The van der Waals surface area contributed by atoms with Crippen LogP contribution in [0.25, 0.3) is 0 Å². The third-order valence-electron chi connectivity index (χ3n) is 5.27. The maximum atomic E-state index is 12.4. The molecule has 0 spiro atoms. The number of alkyl halides is 2. The fourth-order valence-corrected chi connectivity index (χ4v) is 3.95. The van der Waals surface area contributed by atoms with Gasteiger partial charge in [0.1, 0.15) is 0 Å². The lowest BCUT2D eigenvalue weighted by Gasteiger charge is -2.32. The second kappa shape index (κ2) is 8.06. The normalized spacial score (nSPS) is 22.4. The van der Waals surface area contributed by atoms with E-state index in [1.54, 1.807) is 4.90 Å². The number of carbonyl (C=O) groups excluding carboxylic acids is 1. The number of nitrogens with zero attached hydrogens (tertiary/aromatic N) is 1. The van der Waals surface area contributed by atoms with Crippen LogP contribution in [-0.2, 0) is 17.6 Å². The van der Waals surface area contributed by atoms with Gasteiger partial charge < -0.3 is 5.32 Å². The highest BCUT2D eigenvalue weighted by Crippen LogP contribution is 2.27. The lowest BCUT2D eigenvalue weighted by molar-refractivity contribution is -0.123. The number of halogens is 2. The second-order valence-corrected chi connectivity index (χ2v) is 7.12. The van der Waals surface area contributed by atoms with E-state index >= 15 is 0 Å². The van der Waals surface area contributed by atoms with Gasteiger partial charge in [0, 0.05) is 25.6 Å². The summed E-state index contributed by atoms with van der Waals surface area (Å²) in [6.07, 6.45) is 2.95. The first-order chi connectivity index (χ1) is 11.6. The van der Waals surface area contributed by atoms with Gasteiger partial charge in [-0.25, -0.2) is 8.78 Å². The lowest BCUT2D eigenvalue weighted by Crippen LogP contribution is -2.46. The molecule has 24 heavy (non-hydrogen) atoms. The first kappa shape index (κ1) is 17.3. The van der Waals surface area contributed by atoms with E-state index in [1.807, 2.05) is 0 Å². The third kappa shape index (κ3) is 4.76. The van der Waals surface area contributed by atoms with E-state index in [9.17, 15) is 13.6 Å². The Morgan fingerprint density at radius 2 is 1.88 bits per heavy atom.